The summed E-state index contributed by atoms with van der Waals surface area (Å²) in [6, 6.07) is 9.67. The van der Waals surface area contributed by atoms with Crippen molar-refractivity contribution in [1.29, 1.82) is 0 Å². The van der Waals surface area contributed by atoms with Crippen LogP contribution in [0, 0.1) is 5.92 Å². The van der Waals surface area contributed by atoms with Crippen LogP contribution in [0.3, 0.4) is 0 Å². The molecule has 15 heavy (non-hydrogen) atoms. The van der Waals surface area contributed by atoms with Crippen molar-refractivity contribution >= 4 is 5.91 Å². The summed E-state index contributed by atoms with van der Waals surface area (Å²) in [5.41, 5.74) is 3.19. The average Bonchev–Trinajstić information content (AvgIpc) is 2.29. The third-order valence-corrected chi connectivity index (χ3v) is 2.32. The molecule has 1 atom stereocenters. The van der Waals surface area contributed by atoms with Crippen molar-refractivity contribution in [2.45, 2.75) is 12.8 Å². The Kier molecular flexibility index (Phi) is 4.80. The second kappa shape index (κ2) is 6.16. The third-order valence-electron chi connectivity index (χ3n) is 2.32. The molecule has 0 unspecified atom stereocenters. The molecule has 1 aromatic rings. The fourth-order valence-electron chi connectivity index (χ4n) is 1.50. The molecule has 0 saturated heterocycles. The van der Waals surface area contributed by atoms with Gasteiger partial charge in [0, 0.05) is 12.5 Å². The van der Waals surface area contributed by atoms with E-state index in [1.54, 1.807) is 0 Å². The van der Waals surface area contributed by atoms with Crippen LogP contribution in [0.25, 0.3) is 0 Å². The lowest BCUT2D eigenvalue weighted by atomic mass is 9.96. The van der Waals surface area contributed by atoms with E-state index in [4.69, 9.17) is 10.9 Å². The number of nitrogens with two attached hydrogens (primary N) is 1. The zero-order chi connectivity index (χ0) is 11.1. The van der Waals surface area contributed by atoms with Gasteiger partial charge in [-0.1, -0.05) is 30.3 Å². The highest BCUT2D eigenvalue weighted by Gasteiger charge is 2.16. The van der Waals surface area contributed by atoms with Crippen molar-refractivity contribution in [2.24, 2.45) is 11.8 Å². The zero-order valence-electron chi connectivity index (χ0n) is 8.52. The Morgan fingerprint density at radius 1 is 1.40 bits per heavy atom. The van der Waals surface area contributed by atoms with E-state index in [0.29, 0.717) is 12.8 Å². The number of amides is 1. The average molecular weight is 208 g/mol. The lowest BCUT2D eigenvalue weighted by Gasteiger charge is -2.13. The monoisotopic (exact) mass is 208 g/mol. The van der Waals surface area contributed by atoms with Crippen LogP contribution in [-0.2, 0) is 11.2 Å². The Morgan fingerprint density at radius 2 is 2.07 bits per heavy atom. The van der Waals surface area contributed by atoms with Crippen LogP contribution in [0.1, 0.15) is 12.0 Å². The predicted octanol–water partition coefficient (Wildman–Crippen LogP) is 0.218. The molecule has 0 radical (unpaired) electrons. The molecule has 1 amide bonds. The maximum atomic E-state index is 11.4. The van der Waals surface area contributed by atoms with Gasteiger partial charge in [-0.05, 0) is 18.4 Å². The van der Waals surface area contributed by atoms with Gasteiger partial charge in [0.2, 0.25) is 5.91 Å². The lowest BCUT2D eigenvalue weighted by Crippen LogP contribution is -2.37. The van der Waals surface area contributed by atoms with E-state index in [9.17, 15) is 4.79 Å². The number of benzene rings is 1. The maximum Gasteiger partial charge on any atom is 0.237 e. The van der Waals surface area contributed by atoms with Crippen LogP contribution < -0.4 is 11.3 Å². The molecule has 0 saturated carbocycles. The lowest BCUT2D eigenvalue weighted by molar-refractivity contribution is -0.125. The van der Waals surface area contributed by atoms with E-state index in [-0.39, 0.29) is 18.4 Å². The van der Waals surface area contributed by atoms with Gasteiger partial charge in [0.15, 0.2) is 0 Å². The highest BCUT2D eigenvalue weighted by Crippen LogP contribution is 2.11. The second-order valence-corrected chi connectivity index (χ2v) is 3.41. The Balaban J connectivity index is 2.62. The topological polar surface area (TPSA) is 75.3 Å². The van der Waals surface area contributed by atoms with Gasteiger partial charge in [-0.3, -0.25) is 10.2 Å². The molecule has 0 aliphatic carbocycles. The number of nitrogens with one attached hydrogen (secondary N) is 1. The van der Waals surface area contributed by atoms with Gasteiger partial charge < -0.3 is 5.11 Å². The largest absolute Gasteiger partial charge is 0.396 e. The van der Waals surface area contributed by atoms with Crippen LogP contribution in [0.2, 0.25) is 0 Å². The molecule has 0 heterocycles. The summed E-state index contributed by atoms with van der Waals surface area (Å²) in [4.78, 5) is 11.4. The van der Waals surface area contributed by atoms with E-state index in [2.05, 4.69) is 5.43 Å². The normalized spacial score (nSPS) is 12.1. The minimum atomic E-state index is -0.262. The van der Waals surface area contributed by atoms with E-state index in [1.807, 2.05) is 30.3 Å². The molecule has 0 aliphatic rings. The molecule has 1 aromatic carbocycles. The van der Waals surface area contributed by atoms with Crippen LogP contribution in [0.4, 0.5) is 0 Å². The number of hydrazine groups is 1. The number of rotatable bonds is 5. The highest BCUT2D eigenvalue weighted by molar-refractivity contribution is 5.78. The molecule has 1 rings (SSSR count). The van der Waals surface area contributed by atoms with E-state index >= 15 is 0 Å². The smallest absolute Gasteiger partial charge is 0.237 e. The molecular weight excluding hydrogens is 192 g/mol. The number of carbonyl (C=O) groups is 1. The second-order valence-electron chi connectivity index (χ2n) is 3.41. The van der Waals surface area contributed by atoms with Crippen LogP contribution in [0.15, 0.2) is 30.3 Å². The Morgan fingerprint density at radius 3 is 2.60 bits per heavy atom. The van der Waals surface area contributed by atoms with Crippen molar-refractivity contribution in [3.8, 4) is 0 Å². The van der Waals surface area contributed by atoms with Gasteiger partial charge in [0.1, 0.15) is 0 Å². The van der Waals surface area contributed by atoms with Crippen molar-refractivity contribution < 1.29 is 9.90 Å². The fraction of sp³-hybridized carbons (Fsp3) is 0.364. The van der Waals surface area contributed by atoms with E-state index in [0.717, 1.165) is 5.56 Å². The Labute approximate surface area is 89.1 Å². The molecule has 4 heteroatoms. The summed E-state index contributed by atoms with van der Waals surface area (Å²) in [7, 11) is 0. The summed E-state index contributed by atoms with van der Waals surface area (Å²) in [5.74, 6) is 4.59. The highest BCUT2D eigenvalue weighted by atomic mass is 16.3. The standard InChI is InChI=1S/C11H16N2O2/c12-13-11(15)10(6-7-14)8-9-4-2-1-3-5-9/h1-5,10,14H,6-8,12H2,(H,13,15)/t10-/m1/s1. The fourth-order valence-corrected chi connectivity index (χ4v) is 1.50. The molecule has 0 bridgehead atoms. The molecule has 4 nitrogen and oxygen atoms in total. The molecule has 82 valence electrons. The van der Waals surface area contributed by atoms with Crippen molar-refractivity contribution in [1.82, 2.24) is 5.43 Å². The number of hydrogen-bond donors (Lipinski definition) is 3. The number of carbonyl (C=O) groups excluding carboxylic acids is 1. The predicted molar refractivity (Wildman–Crippen MR) is 57.7 cm³/mol. The molecule has 0 aromatic heterocycles. The Bertz CT molecular complexity index is 301. The van der Waals surface area contributed by atoms with Gasteiger partial charge >= 0.3 is 0 Å². The first-order chi connectivity index (χ1) is 7.27. The summed E-state index contributed by atoms with van der Waals surface area (Å²) in [5, 5.41) is 8.84. The van der Waals surface area contributed by atoms with Crippen LogP contribution in [-0.4, -0.2) is 17.6 Å². The van der Waals surface area contributed by atoms with Gasteiger partial charge in [-0.25, -0.2) is 5.84 Å². The number of hydrogen-bond acceptors (Lipinski definition) is 3. The SMILES string of the molecule is NNC(=O)[C@H](CCO)Cc1ccccc1. The number of aliphatic hydroxyl groups excluding tert-OH is 1. The van der Waals surface area contributed by atoms with Gasteiger partial charge in [-0.15, -0.1) is 0 Å². The molecular formula is C11H16N2O2. The van der Waals surface area contributed by atoms with Crippen molar-refractivity contribution in [3.63, 3.8) is 0 Å². The minimum absolute atomic E-state index is 0.00901. The van der Waals surface area contributed by atoms with Crippen molar-refractivity contribution in [2.75, 3.05) is 6.61 Å². The number of aliphatic hydroxyl groups is 1. The summed E-state index contributed by atoms with van der Waals surface area (Å²) >= 11 is 0. The zero-order valence-corrected chi connectivity index (χ0v) is 8.52. The quantitative estimate of drug-likeness (QED) is 0.368. The molecule has 4 N–H and O–H groups in total. The van der Waals surface area contributed by atoms with Gasteiger partial charge in [0.05, 0.1) is 0 Å². The first-order valence-electron chi connectivity index (χ1n) is 4.93. The van der Waals surface area contributed by atoms with Crippen LogP contribution in [0.5, 0.6) is 0 Å². The van der Waals surface area contributed by atoms with Crippen LogP contribution >= 0.6 is 0 Å². The molecule has 0 aliphatic heterocycles. The van der Waals surface area contributed by atoms with E-state index in [1.165, 1.54) is 0 Å². The first kappa shape index (κ1) is 11.7. The minimum Gasteiger partial charge on any atom is -0.396 e. The summed E-state index contributed by atoms with van der Waals surface area (Å²) in [6.45, 7) is -0.00901. The van der Waals surface area contributed by atoms with Gasteiger partial charge in [-0.2, -0.15) is 0 Å². The molecule has 0 fully saturated rings. The first-order valence-corrected chi connectivity index (χ1v) is 4.93. The summed E-state index contributed by atoms with van der Waals surface area (Å²) < 4.78 is 0. The maximum absolute atomic E-state index is 11.4. The van der Waals surface area contributed by atoms with E-state index < -0.39 is 0 Å². The molecule has 0 spiro atoms. The summed E-state index contributed by atoms with van der Waals surface area (Å²) in [6.07, 6.45) is 1.03. The Hall–Kier alpha value is -1.39. The van der Waals surface area contributed by atoms with Crippen molar-refractivity contribution in [3.05, 3.63) is 35.9 Å². The van der Waals surface area contributed by atoms with Gasteiger partial charge in [0.25, 0.3) is 0 Å². The third kappa shape index (κ3) is 3.69.